The van der Waals surface area contributed by atoms with Gasteiger partial charge in [0, 0.05) is 18.8 Å². The maximum absolute atomic E-state index is 8.56. The molecule has 3 nitrogen and oxygen atoms in total. The molecule has 0 aliphatic heterocycles. The molecule has 3 heteroatoms. The molecule has 2 N–H and O–H groups in total. The Bertz CT molecular complexity index is 250. The molecule has 0 fully saturated rings. The lowest BCUT2D eigenvalue weighted by atomic mass is 10.3. The molecule has 72 valence electrons. The number of unbranched alkanes of at least 4 members (excludes halogenated alkanes) is 1. The highest BCUT2D eigenvalue weighted by Crippen LogP contribution is 2.03. The van der Waals surface area contributed by atoms with Gasteiger partial charge in [-0.15, -0.1) is 0 Å². The fourth-order valence-corrected chi connectivity index (χ4v) is 1.09. The summed E-state index contributed by atoms with van der Waals surface area (Å²) in [5.74, 6) is 0.915. The molecule has 0 unspecified atom stereocenters. The molecule has 13 heavy (non-hydrogen) atoms. The van der Waals surface area contributed by atoms with Gasteiger partial charge in [0.1, 0.15) is 5.82 Å². The topological polar surface area (TPSA) is 45.1 Å². The number of aliphatic hydroxyl groups excluding tert-OH is 1. The Balaban J connectivity index is 2.28. The van der Waals surface area contributed by atoms with Crippen LogP contribution < -0.4 is 5.32 Å². The van der Waals surface area contributed by atoms with Gasteiger partial charge in [0.2, 0.25) is 0 Å². The molecule has 1 aromatic heterocycles. The number of pyridine rings is 1. The molecular formula is C10H16N2O. The summed E-state index contributed by atoms with van der Waals surface area (Å²) in [6.07, 6.45) is 1.82. The quantitative estimate of drug-likeness (QED) is 0.676. The van der Waals surface area contributed by atoms with E-state index in [1.165, 1.54) is 0 Å². The van der Waals surface area contributed by atoms with E-state index in [0.29, 0.717) is 0 Å². The van der Waals surface area contributed by atoms with Crippen LogP contribution in [0.1, 0.15) is 18.5 Å². The van der Waals surface area contributed by atoms with Gasteiger partial charge in [-0.2, -0.15) is 0 Å². The highest BCUT2D eigenvalue weighted by atomic mass is 16.2. The largest absolute Gasteiger partial charge is 0.396 e. The van der Waals surface area contributed by atoms with E-state index in [1.807, 2.05) is 25.1 Å². The van der Waals surface area contributed by atoms with Crippen LogP contribution >= 0.6 is 0 Å². The van der Waals surface area contributed by atoms with Crippen LogP contribution in [0.25, 0.3) is 0 Å². The van der Waals surface area contributed by atoms with Gasteiger partial charge in [-0.25, -0.2) is 4.98 Å². The first-order valence-electron chi connectivity index (χ1n) is 4.61. The number of aryl methyl sites for hydroxylation is 1. The second-order valence-electron chi connectivity index (χ2n) is 3.02. The first kappa shape index (κ1) is 9.99. The minimum atomic E-state index is 0.267. The van der Waals surface area contributed by atoms with Crippen molar-refractivity contribution >= 4 is 5.82 Å². The van der Waals surface area contributed by atoms with E-state index in [2.05, 4.69) is 10.3 Å². The van der Waals surface area contributed by atoms with Crippen LogP contribution in [-0.2, 0) is 0 Å². The molecule has 1 heterocycles. The van der Waals surface area contributed by atoms with Gasteiger partial charge >= 0.3 is 0 Å². The van der Waals surface area contributed by atoms with Crippen molar-refractivity contribution < 1.29 is 5.11 Å². The molecule has 0 saturated carbocycles. The Kier molecular flexibility index (Phi) is 4.26. The van der Waals surface area contributed by atoms with E-state index in [0.717, 1.165) is 30.9 Å². The number of anilines is 1. The second kappa shape index (κ2) is 5.54. The minimum Gasteiger partial charge on any atom is -0.396 e. The Labute approximate surface area is 78.8 Å². The number of nitrogens with zero attached hydrogens (tertiary/aromatic N) is 1. The van der Waals surface area contributed by atoms with Gasteiger partial charge in [-0.3, -0.25) is 0 Å². The van der Waals surface area contributed by atoms with Gasteiger partial charge in [-0.05, 0) is 31.9 Å². The number of aromatic nitrogens is 1. The van der Waals surface area contributed by atoms with E-state index in [1.54, 1.807) is 0 Å². The zero-order valence-electron chi connectivity index (χ0n) is 7.95. The number of hydrogen-bond donors (Lipinski definition) is 2. The van der Waals surface area contributed by atoms with Crippen LogP contribution in [0.3, 0.4) is 0 Å². The summed E-state index contributed by atoms with van der Waals surface area (Å²) >= 11 is 0. The average molecular weight is 180 g/mol. The van der Waals surface area contributed by atoms with E-state index in [4.69, 9.17) is 5.11 Å². The van der Waals surface area contributed by atoms with Gasteiger partial charge in [-0.1, -0.05) is 6.07 Å². The molecule has 0 aliphatic carbocycles. The van der Waals surface area contributed by atoms with Gasteiger partial charge in [0.05, 0.1) is 0 Å². The second-order valence-corrected chi connectivity index (χ2v) is 3.02. The van der Waals surface area contributed by atoms with Crippen LogP contribution in [0.5, 0.6) is 0 Å². The molecule has 0 bridgehead atoms. The Morgan fingerprint density at radius 2 is 2.23 bits per heavy atom. The normalized spacial score (nSPS) is 10.0. The smallest absolute Gasteiger partial charge is 0.126 e. The van der Waals surface area contributed by atoms with Crippen molar-refractivity contribution in [3.8, 4) is 0 Å². The maximum atomic E-state index is 8.56. The first-order valence-corrected chi connectivity index (χ1v) is 4.61. The van der Waals surface area contributed by atoms with Crippen LogP contribution in [0.15, 0.2) is 18.2 Å². The fourth-order valence-electron chi connectivity index (χ4n) is 1.09. The molecule has 0 aromatic carbocycles. The van der Waals surface area contributed by atoms with E-state index in [9.17, 15) is 0 Å². The number of hydrogen-bond acceptors (Lipinski definition) is 3. The lowest BCUT2D eigenvalue weighted by Gasteiger charge is -2.04. The van der Waals surface area contributed by atoms with Crippen molar-refractivity contribution in [2.24, 2.45) is 0 Å². The summed E-state index contributed by atoms with van der Waals surface area (Å²) in [5, 5.41) is 11.8. The van der Waals surface area contributed by atoms with E-state index < -0.39 is 0 Å². The van der Waals surface area contributed by atoms with Crippen molar-refractivity contribution in [3.63, 3.8) is 0 Å². The van der Waals surface area contributed by atoms with E-state index >= 15 is 0 Å². The van der Waals surface area contributed by atoms with Crippen molar-refractivity contribution in [2.75, 3.05) is 18.5 Å². The summed E-state index contributed by atoms with van der Waals surface area (Å²) in [4.78, 5) is 4.30. The van der Waals surface area contributed by atoms with E-state index in [-0.39, 0.29) is 6.61 Å². The molecule has 0 spiro atoms. The molecule has 0 radical (unpaired) electrons. The Hall–Kier alpha value is -1.09. The van der Waals surface area contributed by atoms with Gasteiger partial charge in [0.15, 0.2) is 0 Å². The third-order valence-electron chi connectivity index (χ3n) is 1.78. The van der Waals surface area contributed by atoms with Crippen LogP contribution in [0, 0.1) is 6.92 Å². The molecule has 0 saturated heterocycles. The van der Waals surface area contributed by atoms with Crippen molar-refractivity contribution in [1.82, 2.24) is 4.98 Å². The van der Waals surface area contributed by atoms with Crippen molar-refractivity contribution in [2.45, 2.75) is 19.8 Å². The van der Waals surface area contributed by atoms with Crippen LogP contribution in [-0.4, -0.2) is 23.2 Å². The number of aliphatic hydroxyl groups is 1. The van der Waals surface area contributed by atoms with Crippen molar-refractivity contribution in [3.05, 3.63) is 23.9 Å². The van der Waals surface area contributed by atoms with Crippen molar-refractivity contribution in [1.29, 1.82) is 0 Å². The van der Waals surface area contributed by atoms with Crippen LogP contribution in [0.4, 0.5) is 5.82 Å². The molecule has 0 aliphatic rings. The minimum absolute atomic E-state index is 0.267. The summed E-state index contributed by atoms with van der Waals surface area (Å²) in [7, 11) is 0. The molecule has 1 rings (SSSR count). The predicted octanol–water partition coefficient (Wildman–Crippen LogP) is 1.57. The third kappa shape index (κ3) is 3.90. The maximum Gasteiger partial charge on any atom is 0.126 e. The monoisotopic (exact) mass is 180 g/mol. The molecular weight excluding hydrogens is 164 g/mol. The third-order valence-corrected chi connectivity index (χ3v) is 1.78. The first-order chi connectivity index (χ1) is 6.33. The van der Waals surface area contributed by atoms with Gasteiger partial charge in [0.25, 0.3) is 0 Å². The summed E-state index contributed by atoms with van der Waals surface area (Å²) in [6, 6.07) is 5.90. The standard InChI is InChI=1S/C10H16N2O/c1-9-5-4-6-10(12-9)11-7-2-3-8-13/h4-6,13H,2-3,7-8H2,1H3,(H,11,12). The summed E-state index contributed by atoms with van der Waals surface area (Å²) in [6.45, 7) is 3.11. The lowest BCUT2D eigenvalue weighted by Crippen LogP contribution is -2.04. The summed E-state index contributed by atoms with van der Waals surface area (Å²) < 4.78 is 0. The number of nitrogens with one attached hydrogen (secondary N) is 1. The predicted molar refractivity (Wildman–Crippen MR) is 53.8 cm³/mol. The highest BCUT2D eigenvalue weighted by Gasteiger charge is 1.92. The SMILES string of the molecule is Cc1cccc(NCCCCO)n1. The molecule has 0 atom stereocenters. The highest BCUT2D eigenvalue weighted by molar-refractivity contribution is 5.34. The Morgan fingerprint density at radius 3 is 2.92 bits per heavy atom. The summed E-state index contributed by atoms with van der Waals surface area (Å²) in [5.41, 5.74) is 1.02. The lowest BCUT2D eigenvalue weighted by molar-refractivity contribution is 0.286. The zero-order chi connectivity index (χ0) is 9.52. The Morgan fingerprint density at radius 1 is 1.38 bits per heavy atom. The van der Waals surface area contributed by atoms with Crippen LogP contribution in [0.2, 0.25) is 0 Å². The van der Waals surface area contributed by atoms with Gasteiger partial charge < -0.3 is 10.4 Å². The zero-order valence-corrected chi connectivity index (χ0v) is 7.95. The molecule has 1 aromatic rings. The number of rotatable bonds is 5. The average Bonchev–Trinajstić information content (AvgIpc) is 2.13. The fraction of sp³-hybridized carbons (Fsp3) is 0.500. The molecule has 0 amide bonds.